The zero-order valence-electron chi connectivity index (χ0n) is 59.9. The third-order valence-corrected chi connectivity index (χ3v) is 18.5. The Morgan fingerprint density at radius 3 is 0.876 bits per heavy atom. The molecule has 6 heteroatoms. The molecule has 0 heterocycles. The molecule has 89 heavy (non-hydrogen) atoms. The lowest BCUT2D eigenvalue weighted by atomic mass is 10.0. The molecule has 0 saturated carbocycles. The first-order chi connectivity index (χ1) is 44.0. The summed E-state index contributed by atoms with van der Waals surface area (Å²) in [5, 5.41) is 23.3. The zero-order valence-corrected chi connectivity index (χ0v) is 59.9. The van der Waals surface area contributed by atoms with Gasteiger partial charge in [-0.15, -0.1) is 0 Å². The fraction of sp³-hybridized carbons (Fsp3) is 0.855. The fourth-order valence-corrected chi connectivity index (χ4v) is 12.4. The lowest BCUT2D eigenvalue weighted by molar-refractivity contribution is -0.143. The van der Waals surface area contributed by atoms with Gasteiger partial charge in [0, 0.05) is 12.8 Å². The number of aliphatic hydroxyl groups excluding tert-OH is 2. The van der Waals surface area contributed by atoms with Gasteiger partial charge in [-0.05, 0) is 96.3 Å². The summed E-state index contributed by atoms with van der Waals surface area (Å²) in [5.74, 6) is -0.0567. The van der Waals surface area contributed by atoms with Gasteiger partial charge in [0.05, 0.1) is 25.4 Å². The molecule has 0 saturated heterocycles. The highest BCUT2D eigenvalue weighted by molar-refractivity contribution is 5.76. The summed E-state index contributed by atoms with van der Waals surface area (Å²) in [4.78, 5) is 24.7. The molecule has 3 N–H and O–H groups in total. The minimum atomic E-state index is -0.848. The first-order valence-corrected chi connectivity index (χ1v) is 40.1. The molecular formula is C83H155NO5. The molecule has 0 rings (SSSR count). The van der Waals surface area contributed by atoms with Crippen molar-refractivity contribution in [3.63, 3.8) is 0 Å². The number of amides is 1. The van der Waals surface area contributed by atoms with Gasteiger partial charge in [0.15, 0.2) is 0 Å². The van der Waals surface area contributed by atoms with Crippen molar-refractivity contribution in [1.82, 2.24) is 5.32 Å². The normalized spacial score (nSPS) is 12.8. The third-order valence-electron chi connectivity index (χ3n) is 18.5. The molecule has 0 bridgehead atoms. The van der Waals surface area contributed by atoms with E-state index in [0.29, 0.717) is 19.4 Å². The number of hydrogen-bond acceptors (Lipinski definition) is 5. The molecule has 0 aliphatic rings. The minimum Gasteiger partial charge on any atom is -0.466 e. The molecule has 2 unspecified atom stereocenters. The Morgan fingerprint density at radius 2 is 0.562 bits per heavy atom. The van der Waals surface area contributed by atoms with Crippen molar-refractivity contribution in [2.75, 3.05) is 13.2 Å². The molecule has 0 radical (unpaired) electrons. The largest absolute Gasteiger partial charge is 0.466 e. The fourth-order valence-electron chi connectivity index (χ4n) is 12.4. The van der Waals surface area contributed by atoms with E-state index in [0.717, 1.165) is 57.8 Å². The lowest BCUT2D eigenvalue weighted by Crippen LogP contribution is -2.45. The minimum absolute atomic E-state index is 0.00826. The molecule has 0 fully saturated rings. The van der Waals surface area contributed by atoms with E-state index in [1.54, 1.807) is 6.08 Å². The van der Waals surface area contributed by atoms with Gasteiger partial charge >= 0.3 is 5.97 Å². The third kappa shape index (κ3) is 74.5. The summed E-state index contributed by atoms with van der Waals surface area (Å²) < 4.78 is 5.51. The van der Waals surface area contributed by atoms with Crippen LogP contribution in [0.15, 0.2) is 60.8 Å². The van der Waals surface area contributed by atoms with E-state index >= 15 is 0 Å². The van der Waals surface area contributed by atoms with Crippen molar-refractivity contribution < 1.29 is 24.5 Å². The SMILES string of the molecule is CCCCC/C=C\C/C=C\CCCCCCCCCCCC(=O)OCCCCCCCCCCC/C=C\C/C=C\CCCCCCCCCCCCCCCC(=O)NC(CO)C(O)/C=C/CCCCCCCCCCCCCCCCCCCCCCCC. The first-order valence-electron chi connectivity index (χ1n) is 40.1. The van der Waals surface area contributed by atoms with Crippen LogP contribution in [-0.4, -0.2) is 47.4 Å². The summed E-state index contributed by atoms with van der Waals surface area (Å²) in [5.41, 5.74) is 0. The number of esters is 1. The number of unbranched alkanes of at least 4 members (excludes halogenated alkanes) is 56. The van der Waals surface area contributed by atoms with Gasteiger partial charge < -0.3 is 20.3 Å². The summed E-state index contributed by atoms with van der Waals surface area (Å²) in [7, 11) is 0. The Labute approximate surface area is 556 Å². The van der Waals surface area contributed by atoms with Crippen molar-refractivity contribution in [2.45, 2.75) is 443 Å². The number of aliphatic hydroxyl groups is 2. The molecule has 1 amide bonds. The topological polar surface area (TPSA) is 95.9 Å². The average Bonchev–Trinajstić information content (AvgIpc) is 3.56. The zero-order chi connectivity index (χ0) is 64.2. The summed E-state index contributed by atoms with van der Waals surface area (Å²) in [6, 6.07) is -0.632. The van der Waals surface area contributed by atoms with Crippen LogP contribution in [0.25, 0.3) is 0 Å². The Balaban J connectivity index is 3.42. The number of rotatable bonds is 75. The quantitative estimate of drug-likeness (QED) is 0.0320. The monoisotopic (exact) mass is 1250 g/mol. The molecule has 0 aliphatic carbocycles. The predicted octanol–water partition coefficient (Wildman–Crippen LogP) is 26.5. The summed E-state index contributed by atoms with van der Waals surface area (Å²) >= 11 is 0. The van der Waals surface area contributed by atoms with Gasteiger partial charge in [0.2, 0.25) is 5.91 Å². The van der Waals surface area contributed by atoms with Crippen LogP contribution in [0.3, 0.4) is 0 Å². The highest BCUT2D eigenvalue weighted by atomic mass is 16.5. The second-order valence-electron chi connectivity index (χ2n) is 27.4. The van der Waals surface area contributed by atoms with Gasteiger partial charge in [-0.1, -0.05) is 383 Å². The van der Waals surface area contributed by atoms with Gasteiger partial charge in [0.25, 0.3) is 0 Å². The molecule has 522 valence electrons. The Morgan fingerprint density at radius 1 is 0.315 bits per heavy atom. The Kier molecular flexibility index (Phi) is 75.9. The number of hydrogen-bond donors (Lipinski definition) is 3. The van der Waals surface area contributed by atoms with Crippen LogP contribution in [-0.2, 0) is 14.3 Å². The maximum atomic E-state index is 12.6. The highest BCUT2D eigenvalue weighted by Gasteiger charge is 2.18. The molecule has 6 nitrogen and oxygen atoms in total. The standard InChI is InChI=1S/C83H155NO5/c1-3-5-7-9-11-13-15-17-19-21-23-24-25-33-36-40-43-47-51-55-59-63-67-71-75-81(86)80(79-85)84-82(87)76-72-68-64-60-56-52-48-44-41-37-34-31-29-27-26-28-30-32-35-38-42-46-50-54-58-62-66-70-74-78-89-83(88)77-73-69-65-61-57-53-49-45-39-22-20-18-16-14-12-10-8-6-4-2/h12,14,18,20,26,28,32,35,71,75,80-81,85-86H,3-11,13,15-17,19,21-25,27,29-31,33-34,36-70,72-74,76-79H2,1-2H3,(H,84,87)/b14-12-,20-18-,28-26-,35-32-,75-71+. The molecule has 0 aromatic carbocycles. The Hall–Kier alpha value is -2.44. The van der Waals surface area contributed by atoms with Crippen molar-refractivity contribution >= 4 is 11.9 Å². The molecule has 2 atom stereocenters. The van der Waals surface area contributed by atoms with Crippen molar-refractivity contribution in [1.29, 1.82) is 0 Å². The molecule has 0 spiro atoms. The summed E-state index contributed by atoms with van der Waals surface area (Å²) in [6.07, 6.45) is 105. The maximum Gasteiger partial charge on any atom is 0.305 e. The van der Waals surface area contributed by atoms with Crippen LogP contribution in [0.1, 0.15) is 431 Å². The number of carbonyl (C=O) groups excluding carboxylic acids is 2. The van der Waals surface area contributed by atoms with Crippen LogP contribution in [0.2, 0.25) is 0 Å². The van der Waals surface area contributed by atoms with E-state index in [1.165, 1.54) is 347 Å². The van der Waals surface area contributed by atoms with E-state index in [2.05, 4.69) is 67.8 Å². The number of nitrogens with one attached hydrogen (secondary N) is 1. The van der Waals surface area contributed by atoms with Crippen LogP contribution < -0.4 is 5.32 Å². The lowest BCUT2D eigenvalue weighted by Gasteiger charge is -2.20. The second-order valence-corrected chi connectivity index (χ2v) is 27.4. The van der Waals surface area contributed by atoms with Gasteiger partial charge in [0.1, 0.15) is 0 Å². The van der Waals surface area contributed by atoms with Gasteiger partial charge in [-0.3, -0.25) is 9.59 Å². The molecular weight excluding hydrogens is 1090 g/mol. The average molecular weight is 1250 g/mol. The molecule has 0 aromatic heterocycles. The van der Waals surface area contributed by atoms with E-state index in [9.17, 15) is 19.8 Å². The van der Waals surface area contributed by atoms with E-state index < -0.39 is 12.1 Å². The number of carbonyl (C=O) groups is 2. The smallest absolute Gasteiger partial charge is 0.305 e. The van der Waals surface area contributed by atoms with Crippen LogP contribution in [0, 0.1) is 0 Å². The van der Waals surface area contributed by atoms with E-state index in [4.69, 9.17) is 4.74 Å². The highest BCUT2D eigenvalue weighted by Crippen LogP contribution is 2.19. The van der Waals surface area contributed by atoms with Crippen LogP contribution >= 0.6 is 0 Å². The van der Waals surface area contributed by atoms with Gasteiger partial charge in [-0.2, -0.15) is 0 Å². The Bertz CT molecular complexity index is 1530. The van der Waals surface area contributed by atoms with Crippen molar-refractivity contribution in [3.8, 4) is 0 Å². The van der Waals surface area contributed by atoms with Gasteiger partial charge in [-0.25, -0.2) is 0 Å². The number of ether oxygens (including phenoxy) is 1. The van der Waals surface area contributed by atoms with Crippen molar-refractivity contribution in [3.05, 3.63) is 60.8 Å². The number of allylic oxidation sites excluding steroid dienone is 9. The summed E-state index contributed by atoms with van der Waals surface area (Å²) in [6.45, 7) is 4.91. The van der Waals surface area contributed by atoms with Crippen molar-refractivity contribution in [2.24, 2.45) is 0 Å². The van der Waals surface area contributed by atoms with Crippen LogP contribution in [0.5, 0.6) is 0 Å². The van der Waals surface area contributed by atoms with Crippen LogP contribution in [0.4, 0.5) is 0 Å². The van der Waals surface area contributed by atoms with E-state index in [1.807, 2.05) is 6.08 Å². The maximum absolute atomic E-state index is 12.6. The first kappa shape index (κ1) is 86.6. The molecule has 0 aliphatic heterocycles. The molecule has 0 aromatic rings. The predicted molar refractivity (Wildman–Crippen MR) is 393 cm³/mol. The second kappa shape index (κ2) is 78.0. The van der Waals surface area contributed by atoms with E-state index in [-0.39, 0.29) is 18.5 Å².